The van der Waals surface area contributed by atoms with Crippen LogP contribution in [0.1, 0.15) is 10.5 Å². The number of aromatic carboxylic acids is 1. The molecular weight excluding hydrogens is 316 g/mol. The first-order valence-corrected chi connectivity index (χ1v) is 6.57. The van der Waals surface area contributed by atoms with Crippen LogP contribution in [0.4, 0.5) is 5.82 Å². The van der Waals surface area contributed by atoms with Crippen LogP contribution in [0.2, 0.25) is 0 Å². The summed E-state index contributed by atoms with van der Waals surface area (Å²) >= 11 is 3.22. The van der Waals surface area contributed by atoms with Gasteiger partial charge in [-0.15, -0.1) is 5.10 Å². The number of carbonyl (C=O) groups is 1. The Morgan fingerprint density at radius 2 is 2.11 bits per heavy atom. The molecule has 0 spiro atoms. The molecule has 0 bridgehead atoms. The van der Waals surface area contributed by atoms with Crippen molar-refractivity contribution >= 4 is 33.4 Å². The van der Waals surface area contributed by atoms with Gasteiger partial charge in [0.05, 0.1) is 13.2 Å². The van der Waals surface area contributed by atoms with Crippen LogP contribution in [0.3, 0.4) is 0 Å². The second-order valence-electron chi connectivity index (χ2n) is 4.12. The zero-order valence-electron chi connectivity index (χ0n) is 9.91. The fourth-order valence-corrected chi connectivity index (χ4v) is 2.51. The highest BCUT2D eigenvalue weighted by Gasteiger charge is 2.19. The van der Waals surface area contributed by atoms with Gasteiger partial charge in [-0.25, -0.2) is 14.3 Å². The molecular formula is C11H11BrN4O3. The van der Waals surface area contributed by atoms with E-state index in [1.165, 1.54) is 4.52 Å². The van der Waals surface area contributed by atoms with Crippen molar-refractivity contribution in [1.82, 2.24) is 14.6 Å². The number of halogens is 1. The first-order valence-electron chi connectivity index (χ1n) is 5.78. The predicted molar refractivity (Wildman–Crippen MR) is 70.7 cm³/mol. The number of ether oxygens (including phenoxy) is 1. The van der Waals surface area contributed by atoms with Crippen molar-refractivity contribution in [1.29, 1.82) is 0 Å². The first-order chi connectivity index (χ1) is 9.16. The normalized spacial score (nSPS) is 15.9. The molecule has 0 atom stereocenters. The number of nitrogens with zero attached hydrogens (tertiary/aromatic N) is 4. The van der Waals surface area contributed by atoms with Crippen molar-refractivity contribution in [2.24, 2.45) is 0 Å². The summed E-state index contributed by atoms with van der Waals surface area (Å²) in [4.78, 5) is 17.1. The van der Waals surface area contributed by atoms with Gasteiger partial charge in [-0.2, -0.15) is 0 Å². The van der Waals surface area contributed by atoms with E-state index in [-0.39, 0.29) is 5.69 Å². The van der Waals surface area contributed by atoms with Crippen molar-refractivity contribution in [2.75, 3.05) is 31.2 Å². The number of anilines is 1. The molecule has 0 saturated carbocycles. The van der Waals surface area contributed by atoms with Crippen LogP contribution in [0.5, 0.6) is 0 Å². The van der Waals surface area contributed by atoms with Crippen LogP contribution in [0, 0.1) is 0 Å². The lowest BCUT2D eigenvalue weighted by Crippen LogP contribution is -2.37. The number of aromatic nitrogens is 3. The Kier molecular flexibility index (Phi) is 3.11. The lowest BCUT2D eigenvalue weighted by Gasteiger charge is -2.27. The van der Waals surface area contributed by atoms with Crippen LogP contribution < -0.4 is 4.90 Å². The summed E-state index contributed by atoms with van der Waals surface area (Å²) in [5.41, 5.74) is 0.466. The minimum absolute atomic E-state index is 0.0355. The highest BCUT2D eigenvalue weighted by atomic mass is 79.9. The van der Waals surface area contributed by atoms with E-state index in [0.717, 1.165) is 18.9 Å². The topological polar surface area (TPSA) is 80.0 Å². The summed E-state index contributed by atoms with van der Waals surface area (Å²) in [6.45, 7) is 2.89. The second-order valence-corrected chi connectivity index (χ2v) is 4.87. The molecule has 100 valence electrons. The van der Waals surface area contributed by atoms with Crippen LogP contribution in [0.15, 0.2) is 16.7 Å². The van der Waals surface area contributed by atoms with Crippen molar-refractivity contribution in [3.05, 3.63) is 22.4 Å². The van der Waals surface area contributed by atoms with Gasteiger partial charge in [0.1, 0.15) is 10.4 Å². The van der Waals surface area contributed by atoms with Gasteiger partial charge < -0.3 is 14.7 Å². The van der Waals surface area contributed by atoms with Crippen molar-refractivity contribution < 1.29 is 14.6 Å². The van der Waals surface area contributed by atoms with Crippen molar-refractivity contribution in [3.8, 4) is 0 Å². The van der Waals surface area contributed by atoms with Crippen LogP contribution >= 0.6 is 15.9 Å². The van der Waals surface area contributed by atoms with Crippen LogP contribution in [0.25, 0.3) is 5.65 Å². The number of imidazole rings is 1. The number of carboxylic acids is 1. The average Bonchev–Trinajstić information content (AvgIpc) is 2.77. The third kappa shape index (κ3) is 2.17. The molecule has 1 fully saturated rings. The molecule has 1 saturated heterocycles. The maximum Gasteiger partial charge on any atom is 0.357 e. The van der Waals surface area contributed by atoms with E-state index in [1.807, 2.05) is 6.07 Å². The molecule has 1 aliphatic rings. The molecule has 0 unspecified atom stereocenters. The largest absolute Gasteiger partial charge is 0.476 e. The van der Waals surface area contributed by atoms with E-state index < -0.39 is 5.97 Å². The summed E-state index contributed by atoms with van der Waals surface area (Å²) < 4.78 is 7.14. The zero-order chi connectivity index (χ0) is 13.4. The molecule has 3 heterocycles. The van der Waals surface area contributed by atoms with Crippen molar-refractivity contribution in [2.45, 2.75) is 0 Å². The van der Waals surface area contributed by atoms with E-state index in [4.69, 9.17) is 9.84 Å². The maximum atomic E-state index is 11.0. The summed E-state index contributed by atoms with van der Waals surface area (Å²) in [5.74, 6) is -0.295. The molecule has 7 nitrogen and oxygen atoms in total. The van der Waals surface area contributed by atoms with Crippen LogP contribution in [-0.2, 0) is 4.74 Å². The minimum Gasteiger partial charge on any atom is -0.476 e. The SMILES string of the molecule is O=C(O)c1nc2ccc(N3CCOCC3)nn2c1Br. The fraction of sp³-hybridized carbons (Fsp3) is 0.364. The molecule has 0 radical (unpaired) electrons. The van der Waals surface area contributed by atoms with Gasteiger partial charge in [-0.3, -0.25) is 0 Å². The number of hydrogen-bond donors (Lipinski definition) is 1. The van der Waals surface area contributed by atoms with E-state index in [1.54, 1.807) is 6.07 Å². The third-order valence-electron chi connectivity index (χ3n) is 2.95. The molecule has 1 N–H and O–H groups in total. The standard InChI is InChI=1S/C11H11BrN4O3/c12-10-9(11(17)18)13-7-1-2-8(14-16(7)10)15-3-5-19-6-4-15/h1-2H,3-6H2,(H,17,18). The lowest BCUT2D eigenvalue weighted by molar-refractivity contribution is 0.0690. The first kappa shape index (κ1) is 12.4. The molecule has 3 rings (SSSR count). The highest BCUT2D eigenvalue weighted by Crippen LogP contribution is 2.21. The van der Waals surface area contributed by atoms with Gasteiger partial charge in [-0.1, -0.05) is 0 Å². The lowest BCUT2D eigenvalue weighted by atomic mass is 10.4. The molecule has 2 aromatic heterocycles. The second kappa shape index (κ2) is 4.78. The number of hydrogen-bond acceptors (Lipinski definition) is 5. The van der Waals surface area contributed by atoms with Crippen molar-refractivity contribution in [3.63, 3.8) is 0 Å². The Hall–Kier alpha value is -1.67. The average molecular weight is 327 g/mol. The Morgan fingerprint density at radius 1 is 1.37 bits per heavy atom. The Balaban J connectivity index is 2.04. The van der Waals surface area contributed by atoms with Gasteiger partial charge in [0.2, 0.25) is 0 Å². The van der Waals surface area contributed by atoms with Gasteiger partial charge in [-0.05, 0) is 28.1 Å². The van der Waals surface area contributed by atoms with Gasteiger partial charge in [0.25, 0.3) is 0 Å². The Bertz CT molecular complexity index is 636. The number of fused-ring (bicyclic) bond motifs is 1. The predicted octanol–water partition coefficient (Wildman–Crippen LogP) is 1.03. The summed E-state index contributed by atoms with van der Waals surface area (Å²) in [5, 5.41) is 13.4. The Labute approximate surface area is 116 Å². The zero-order valence-corrected chi connectivity index (χ0v) is 11.5. The monoisotopic (exact) mass is 326 g/mol. The fourth-order valence-electron chi connectivity index (χ4n) is 1.99. The molecule has 0 aliphatic carbocycles. The van der Waals surface area contributed by atoms with Gasteiger partial charge in [0, 0.05) is 13.1 Å². The van der Waals surface area contributed by atoms with E-state index in [0.29, 0.717) is 23.5 Å². The number of rotatable bonds is 2. The third-order valence-corrected chi connectivity index (χ3v) is 3.66. The number of carboxylic acid groups (broad SMARTS) is 1. The quantitative estimate of drug-likeness (QED) is 0.887. The van der Waals surface area contributed by atoms with Gasteiger partial charge in [0.15, 0.2) is 11.3 Å². The molecule has 19 heavy (non-hydrogen) atoms. The summed E-state index contributed by atoms with van der Waals surface area (Å²) in [6.07, 6.45) is 0. The van der Waals surface area contributed by atoms with E-state index in [9.17, 15) is 4.79 Å². The number of morpholine rings is 1. The summed E-state index contributed by atoms with van der Waals surface area (Å²) in [6, 6.07) is 3.60. The Morgan fingerprint density at radius 3 is 2.79 bits per heavy atom. The van der Waals surface area contributed by atoms with Crippen LogP contribution in [-0.4, -0.2) is 52.0 Å². The smallest absolute Gasteiger partial charge is 0.357 e. The van der Waals surface area contributed by atoms with E-state index >= 15 is 0 Å². The molecule has 2 aromatic rings. The van der Waals surface area contributed by atoms with Gasteiger partial charge >= 0.3 is 5.97 Å². The molecule has 1 aliphatic heterocycles. The summed E-state index contributed by atoms with van der Waals surface area (Å²) in [7, 11) is 0. The maximum absolute atomic E-state index is 11.0. The highest BCUT2D eigenvalue weighted by molar-refractivity contribution is 9.10. The molecule has 0 aromatic carbocycles. The molecule has 8 heteroatoms. The van der Waals surface area contributed by atoms with E-state index in [2.05, 4.69) is 30.9 Å². The molecule has 0 amide bonds. The minimum atomic E-state index is -1.08.